The van der Waals surface area contributed by atoms with Gasteiger partial charge in [0.2, 0.25) is 5.91 Å². The number of carbonyl (C=O) groups is 1. The van der Waals surface area contributed by atoms with Crippen LogP contribution in [-0.2, 0) is 11.3 Å². The van der Waals surface area contributed by atoms with E-state index < -0.39 is 0 Å². The molecule has 0 atom stereocenters. The summed E-state index contributed by atoms with van der Waals surface area (Å²) in [4.78, 5) is 24.7. The van der Waals surface area contributed by atoms with Gasteiger partial charge in [0.25, 0.3) is 0 Å². The van der Waals surface area contributed by atoms with Gasteiger partial charge in [-0.15, -0.1) is 0 Å². The van der Waals surface area contributed by atoms with Crippen LogP contribution in [0.15, 0.2) is 40.6 Å². The Hall–Kier alpha value is -2.08. The zero-order valence-corrected chi connectivity index (χ0v) is 10.7. The highest BCUT2D eigenvalue weighted by Crippen LogP contribution is 2.15. The summed E-state index contributed by atoms with van der Waals surface area (Å²) in [5.41, 5.74) is 6.98. The number of aromatic nitrogens is 1. The zero-order valence-electron chi connectivity index (χ0n) is 9.87. The molecule has 0 aliphatic rings. The molecular weight excluding hydrogens is 250 g/mol. The summed E-state index contributed by atoms with van der Waals surface area (Å²) in [6.07, 6.45) is 1.61. The number of amides is 1. The Kier molecular flexibility index (Phi) is 3.47. The molecule has 1 aromatic heterocycles. The van der Waals surface area contributed by atoms with Crippen LogP contribution in [0.2, 0.25) is 0 Å². The topological polar surface area (TPSA) is 68.3 Å². The second-order valence-electron chi connectivity index (χ2n) is 3.84. The Labute approximate surface area is 108 Å². The van der Waals surface area contributed by atoms with Crippen molar-refractivity contribution in [2.24, 2.45) is 0 Å². The van der Waals surface area contributed by atoms with Crippen LogP contribution in [0.25, 0.3) is 0 Å². The molecule has 0 spiro atoms. The molecule has 2 aromatic rings. The predicted molar refractivity (Wildman–Crippen MR) is 72.8 cm³/mol. The Balaban J connectivity index is 2.12. The fraction of sp³-hybridized carbons (Fsp3) is 0.167. The van der Waals surface area contributed by atoms with Gasteiger partial charge in [-0.05, 0) is 24.3 Å². The van der Waals surface area contributed by atoms with E-state index in [1.54, 1.807) is 42.9 Å². The maximum atomic E-state index is 12.0. The first-order valence-electron chi connectivity index (χ1n) is 5.34. The molecule has 94 valence electrons. The highest BCUT2D eigenvalue weighted by molar-refractivity contribution is 7.07. The van der Waals surface area contributed by atoms with Crippen LogP contribution in [0.1, 0.15) is 0 Å². The molecular formula is C12H13N3O2S. The van der Waals surface area contributed by atoms with Crippen LogP contribution < -0.4 is 15.5 Å². The van der Waals surface area contributed by atoms with Gasteiger partial charge in [0.05, 0.1) is 0 Å². The lowest BCUT2D eigenvalue weighted by Gasteiger charge is -2.17. The molecule has 0 fully saturated rings. The number of hydrogen-bond acceptors (Lipinski definition) is 4. The quantitative estimate of drug-likeness (QED) is 0.845. The van der Waals surface area contributed by atoms with E-state index in [1.165, 1.54) is 9.47 Å². The second-order valence-corrected chi connectivity index (χ2v) is 4.70. The average Bonchev–Trinajstić information content (AvgIpc) is 2.75. The number of rotatable bonds is 3. The minimum atomic E-state index is -0.153. The molecule has 0 bridgehead atoms. The van der Waals surface area contributed by atoms with Gasteiger partial charge in [-0.3, -0.25) is 14.2 Å². The van der Waals surface area contributed by atoms with Gasteiger partial charge < -0.3 is 10.6 Å². The monoisotopic (exact) mass is 263 g/mol. The van der Waals surface area contributed by atoms with Gasteiger partial charge in [-0.1, -0.05) is 11.3 Å². The molecule has 0 aliphatic carbocycles. The fourth-order valence-electron chi connectivity index (χ4n) is 1.50. The summed E-state index contributed by atoms with van der Waals surface area (Å²) in [5.74, 6) is -0.153. The van der Waals surface area contributed by atoms with Crippen molar-refractivity contribution in [2.75, 3.05) is 17.7 Å². The number of hydrogen-bond donors (Lipinski definition) is 1. The van der Waals surface area contributed by atoms with E-state index >= 15 is 0 Å². The number of nitrogens with zero attached hydrogens (tertiary/aromatic N) is 2. The molecule has 1 amide bonds. The van der Waals surface area contributed by atoms with Gasteiger partial charge in [0, 0.05) is 30.0 Å². The van der Waals surface area contributed by atoms with Crippen LogP contribution in [0, 0.1) is 0 Å². The third kappa shape index (κ3) is 2.60. The molecule has 6 heteroatoms. The Morgan fingerprint density at radius 2 is 2.06 bits per heavy atom. The number of benzene rings is 1. The first kappa shape index (κ1) is 12.4. The summed E-state index contributed by atoms with van der Waals surface area (Å²) < 4.78 is 1.39. The molecule has 0 radical (unpaired) electrons. The number of anilines is 2. The van der Waals surface area contributed by atoms with Gasteiger partial charge in [-0.25, -0.2) is 0 Å². The van der Waals surface area contributed by atoms with E-state index in [0.29, 0.717) is 5.69 Å². The maximum absolute atomic E-state index is 12.0. The average molecular weight is 263 g/mol. The molecule has 18 heavy (non-hydrogen) atoms. The van der Waals surface area contributed by atoms with Crippen LogP contribution in [0.3, 0.4) is 0 Å². The van der Waals surface area contributed by atoms with Crippen molar-refractivity contribution in [3.63, 3.8) is 0 Å². The van der Waals surface area contributed by atoms with Crippen molar-refractivity contribution in [3.8, 4) is 0 Å². The molecule has 2 rings (SSSR count). The molecule has 0 saturated heterocycles. The lowest BCUT2D eigenvalue weighted by molar-refractivity contribution is -0.118. The van der Waals surface area contributed by atoms with E-state index in [0.717, 1.165) is 17.0 Å². The number of thiazole rings is 1. The van der Waals surface area contributed by atoms with Crippen molar-refractivity contribution in [2.45, 2.75) is 6.54 Å². The Bertz CT molecular complexity index is 600. The molecule has 5 nitrogen and oxygen atoms in total. The van der Waals surface area contributed by atoms with Crippen LogP contribution in [0.5, 0.6) is 0 Å². The van der Waals surface area contributed by atoms with E-state index in [4.69, 9.17) is 5.73 Å². The molecule has 1 aromatic carbocycles. The standard InChI is InChI=1S/C12H13N3O2S/c1-14(10-4-2-9(13)3-5-10)11(16)8-15-6-7-18-12(15)17/h2-7H,8,13H2,1H3. The highest BCUT2D eigenvalue weighted by Gasteiger charge is 2.12. The fourth-order valence-corrected chi connectivity index (χ4v) is 2.09. The van der Waals surface area contributed by atoms with Crippen LogP contribution in [0.4, 0.5) is 11.4 Å². The van der Waals surface area contributed by atoms with Crippen molar-refractivity contribution >= 4 is 28.6 Å². The first-order valence-corrected chi connectivity index (χ1v) is 6.22. The molecule has 1 heterocycles. The Morgan fingerprint density at radius 1 is 1.39 bits per heavy atom. The molecule has 0 unspecified atom stereocenters. The minimum Gasteiger partial charge on any atom is -0.399 e. The lowest BCUT2D eigenvalue weighted by atomic mass is 10.2. The van der Waals surface area contributed by atoms with Crippen molar-refractivity contribution < 1.29 is 4.79 Å². The smallest absolute Gasteiger partial charge is 0.307 e. The summed E-state index contributed by atoms with van der Waals surface area (Å²) in [7, 11) is 1.67. The first-order chi connectivity index (χ1) is 8.58. The SMILES string of the molecule is CN(C(=O)Cn1ccsc1=O)c1ccc(N)cc1. The summed E-state index contributed by atoms with van der Waals surface area (Å²) in [6, 6.07) is 7.00. The van der Waals surface area contributed by atoms with E-state index in [1.807, 2.05) is 0 Å². The Morgan fingerprint density at radius 3 is 2.61 bits per heavy atom. The van der Waals surface area contributed by atoms with Gasteiger partial charge >= 0.3 is 4.87 Å². The minimum absolute atomic E-state index is 0.0449. The third-order valence-electron chi connectivity index (χ3n) is 2.60. The molecule has 2 N–H and O–H groups in total. The zero-order chi connectivity index (χ0) is 13.1. The van der Waals surface area contributed by atoms with Crippen LogP contribution in [-0.4, -0.2) is 17.5 Å². The van der Waals surface area contributed by atoms with Crippen molar-refractivity contribution in [1.29, 1.82) is 0 Å². The number of likely N-dealkylation sites (N-methyl/N-ethyl adjacent to an activating group) is 1. The second kappa shape index (κ2) is 5.05. The van der Waals surface area contributed by atoms with Gasteiger partial charge in [0.15, 0.2) is 0 Å². The lowest BCUT2D eigenvalue weighted by Crippen LogP contribution is -2.32. The number of nitrogens with two attached hydrogens (primary N) is 1. The van der Waals surface area contributed by atoms with Crippen LogP contribution >= 0.6 is 11.3 Å². The summed E-state index contributed by atoms with van der Waals surface area (Å²) in [5, 5.41) is 1.67. The van der Waals surface area contributed by atoms with Crippen molar-refractivity contribution in [3.05, 3.63) is 45.5 Å². The largest absolute Gasteiger partial charge is 0.399 e. The normalized spacial score (nSPS) is 10.3. The predicted octanol–water partition coefficient (Wildman–Crippen LogP) is 1.15. The van der Waals surface area contributed by atoms with Crippen molar-refractivity contribution in [1.82, 2.24) is 4.57 Å². The third-order valence-corrected chi connectivity index (χ3v) is 3.30. The van der Waals surface area contributed by atoms with Gasteiger partial charge in [0.1, 0.15) is 6.54 Å². The highest BCUT2D eigenvalue weighted by atomic mass is 32.1. The number of carbonyl (C=O) groups excluding carboxylic acids is 1. The molecule has 0 aliphatic heterocycles. The summed E-state index contributed by atoms with van der Waals surface area (Å²) >= 11 is 1.08. The maximum Gasteiger partial charge on any atom is 0.307 e. The van der Waals surface area contributed by atoms with E-state index in [-0.39, 0.29) is 17.3 Å². The molecule has 0 saturated carbocycles. The summed E-state index contributed by atoms with van der Waals surface area (Å²) in [6.45, 7) is 0.0449. The number of nitrogen functional groups attached to an aromatic ring is 1. The van der Waals surface area contributed by atoms with E-state index in [2.05, 4.69) is 0 Å². The van der Waals surface area contributed by atoms with Gasteiger partial charge in [-0.2, -0.15) is 0 Å². The van der Waals surface area contributed by atoms with E-state index in [9.17, 15) is 9.59 Å².